The maximum atomic E-state index is 6.24. The van der Waals surface area contributed by atoms with Gasteiger partial charge in [0.2, 0.25) is 0 Å². The average Bonchev–Trinajstić information content (AvgIpc) is 3.65. The lowest BCUT2D eigenvalue weighted by Gasteiger charge is -2.18. The highest BCUT2D eigenvalue weighted by Gasteiger charge is 2.34. The smallest absolute Gasteiger partial charge is 0.271 e. The molecule has 10 heteroatoms. The predicted octanol–water partition coefficient (Wildman–Crippen LogP) is 5.68. The largest absolute Gasteiger partial charge is 0.496 e. The van der Waals surface area contributed by atoms with Gasteiger partial charge in [0, 0.05) is 23.4 Å². The molecule has 0 amide bonds. The molecule has 1 saturated carbocycles. The Morgan fingerprint density at radius 2 is 2.03 bits per heavy atom. The number of thioether (sulfide) groups is 1. The van der Waals surface area contributed by atoms with Crippen molar-refractivity contribution >= 4 is 45.0 Å². The third-order valence-electron chi connectivity index (χ3n) is 6.34. The van der Waals surface area contributed by atoms with Gasteiger partial charge in [-0.3, -0.25) is 0 Å². The number of methoxy groups -OCH3 is 2. The van der Waals surface area contributed by atoms with E-state index in [9.17, 15) is 0 Å². The van der Waals surface area contributed by atoms with Crippen LogP contribution in [0.1, 0.15) is 54.5 Å². The van der Waals surface area contributed by atoms with Gasteiger partial charge in [0.15, 0.2) is 11.3 Å². The minimum atomic E-state index is -0.0357. The number of nitrogens with zero attached hydrogens (tertiary/aromatic N) is 3. The predicted molar refractivity (Wildman–Crippen MR) is 134 cm³/mol. The fourth-order valence-electron chi connectivity index (χ4n) is 4.57. The second-order valence-corrected chi connectivity index (χ2v) is 10.5. The van der Waals surface area contributed by atoms with E-state index in [2.05, 4.69) is 15.8 Å². The van der Waals surface area contributed by atoms with Crippen LogP contribution in [-0.4, -0.2) is 34.9 Å². The van der Waals surface area contributed by atoms with E-state index in [-0.39, 0.29) is 5.50 Å². The molecule has 34 heavy (non-hydrogen) atoms. The van der Waals surface area contributed by atoms with Crippen molar-refractivity contribution in [3.05, 3.63) is 46.2 Å². The van der Waals surface area contributed by atoms with Crippen LogP contribution in [0, 0.1) is 0 Å². The van der Waals surface area contributed by atoms with Crippen molar-refractivity contribution in [2.75, 3.05) is 14.2 Å². The molecule has 1 atom stereocenters. The number of ether oxygens (including phenoxy) is 3. The average molecular weight is 499 g/mol. The number of benzene rings is 1. The SMILES string of the molecule is COC1=NN2C=C(c3cc4c(OCc5csc(C6CCCCC6)n5)cc(OC)cc4o3)NC2S1. The first kappa shape index (κ1) is 21.7. The first-order chi connectivity index (χ1) is 16.7. The molecule has 1 unspecified atom stereocenters. The molecule has 6 rings (SSSR count). The Hall–Kier alpha value is -2.85. The van der Waals surface area contributed by atoms with Crippen LogP contribution in [-0.2, 0) is 11.3 Å². The van der Waals surface area contributed by atoms with Gasteiger partial charge in [0.25, 0.3) is 5.23 Å². The molecule has 1 aliphatic carbocycles. The van der Waals surface area contributed by atoms with Gasteiger partial charge in [-0.2, -0.15) is 0 Å². The fourth-order valence-corrected chi connectivity index (χ4v) is 6.37. The summed E-state index contributed by atoms with van der Waals surface area (Å²) in [6.07, 6.45) is 8.39. The molecule has 0 bridgehead atoms. The van der Waals surface area contributed by atoms with Crippen molar-refractivity contribution in [3.8, 4) is 11.5 Å². The van der Waals surface area contributed by atoms with Gasteiger partial charge in [0.1, 0.15) is 23.7 Å². The van der Waals surface area contributed by atoms with E-state index in [1.807, 2.05) is 29.4 Å². The maximum absolute atomic E-state index is 6.24. The van der Waals surface area contributed by atoms with Crippen LogP contribution in [0.15, 0.2) is 39.3 Å². The van der Waals surface area contributed by atoms with E-state index in [1.54, 1.807) is 25.6 Å². The number of nitrogens with one attached hydrogen (secondary N) is 1. The van der Waals surface area contributed by atoms with Gasteiger partial charge in [-0.15, -0.1) is 16.4 Å². The summed E-state index contributed by atoms with van der Waals surface area (Å²) in [6, 6.07) is 5.77. The van der Waals surface area contributed by atoms with E-state index < -0.39 is 0 Å². The number of rotatable bonds is 6. The quantitative estimate of drug-likeness (QED) is 0.465. The van der Waals surface area contributed by atoms with Gasteiger partial charge in [0.05, 0.1) is 42.2 Å². The third kappa shape index (κ3) is 4.09. The normalized spacial score (nSPS) is 20.2. The molecule has 8 nitrogen and oxygen atoms in total. The molecule has 1 N–H and O–H groups in total. The topological polar surface area (TPSA) is 81.4 Å². The zero-order chi connectivity index (χ0) is 23.1. The van der Waals surface area contributed by atoms with Crippen LogP contribution in [0.25, 0.3) is 16.7 Å². The van der Waals surface area contributed by atoms with E-state index in [1.165, 1.54) is 48.9 Å². The van der Waals surface area contributed by atoms with Crippen molar-refractivity contribution in [2.24, 2.45) is 5.10 Å². The lowest BCUT2D eigenvalue weighted by atomic mass is 9.90. The Labute approximate surface area is 206 Å². The Kier molecular flexibility index (Phi) is 5.78. The van der Waals surface area contributed by atoms with E-state index >= 15 is 0 Å². The summed E-state index contributed by atoms with van der Waals surface area (Å²) in [7, 11) is 3.26. The van der Waals surface area contributed by atoms with Crippen molar-refractivity contribution in [3.63, 3.8) is 0 Å². The summed E-state index contributed by atoms with van der Waals surface area (Å²) in [5.74, 6) is 2.72. The number of furan rings is 1. The van der Waals surface area contributed by atoms with Crippen molar-refractivity contribution in [2.45, 2.75) is 50.1 Å². The molecule has 4 heterocycles. The molecule has 178 valence electrons. The number of aromatic nitrogens is 1. The van der Waals surface area contributed by atoms with E-state index in [0.717, 1.165) is 16.8 Å². The van der Waals surface area contributed by atoms with Crippen LogP contribution >= 0.6 is 23.1 Å². The molecule has 3 aliphatic rings. The van der Waals surface area contributed by atoms with Crippen LogP contribution < -0.4 is 14.8 Å². The molecular formula is C24H26N4O4S2. The van der Waals surface area contributed by atoms with Crippen molar-refractivity contribution < 1.29 is 18.6 Å². The molecule has 1 aromatic carbocycles. The molecule has 2 aliphatic heterocycles. The molecule has 0 saturated heterocycles. The molecule has 0 spiro atoms. The van der Waals surface area contributed by atoms with Crippen molar-refractivity contribution in [1.82, 2.24) is 15.3 Å². The highest BCUT2D eigenvalue weighted by molar-refractivity contribution is 8.14. The first-order valence-electron chi connectivity index (χ1n) is 11.4. The number of thiazole rings is 1. The van der Waals surface area contributed by atoms with E-state index in [4.69, 9.17) is 23.6 Å². The van der Waals surface area contributed by atoms with Crippen LogP contribution in [0.4, 0.5) is 0 Å². The Bertz CT molecular complexity index is 1260. The van der Waals surface area contributed by atoms with Gasteiger partial charge in [-0.25, -0.2) is 9.99 Å². The number of hydrogen-bond donors (Lipinski definition) is 1. The summed E-state index contributed by atoms with van der Waals surface area (Å²) in [4.78, 5) is 4.87. The number of fused-ring (bicyclic) bond motifs is 2. The van der Waals surface area contributed by atoms with Crippen molar-refractivity contribution in [1.29, 1.82) is 0 Å². The first-order valence-corrected chi connectivity index (χ1v) is 13.2. The van der Waals surface area contributed by atoms with Gasteiger partial charge < -0.3 is 23.9 Å². The molecule has 1 fully saturated rings. The number of hydrazone groups is 1. The minimum absolute atomic E-state index is 0.0357. The van der Waals surface area contributed by atoms with Gasteiger partial charge >= 0.3 is 0 Å². The molecular weight excluding hydrogens is 472 g/mol. The Balaban J connectivity index is 1.23. The maximum Gasteiger partial charge on any atom is 0.271 e. The lowest BCUT2D eigenvalue weighted by Crippen LogP contribution is -2.25. The van der Waals surface area contributed by atoms with Crippen LogP contribution in [0.2, 0.25) is 0 Å². The zero-order valence-electron chi connectivity index (χ0n) is 19.1. The Morgan fingerprint density at radius 3 is 2.82 bits per heavy atom. The summed E-state index contributed by atoms with van der Waals surface area (Å²) >= 11 is 3.27. The summed E-state index contributed by atoms with van der Waals surface area (Å²) in [5.41, 5.74) is 2.49. The number of hydrogen-bond acceptors (Lipinski definition) is 10. The van der Waals surface area contributed by atoms with Gasteiger partial charge in [-0.05, 0) is 30.7 Å². The fraction of sp³-hybridized carbons (Fsp3) is 0.417. The van der Waals surface area contributed by atoms with E-state index in [0.29, 0.717) is 40.6 Å². The molecule has 2 aromatic heterocycles. The second kappa shape index (κ2) is 9.07. The Morgan fingerprint density at radius 1 is 1.15 bits per heavy atom. The molecule has 3 aromatic rings. The standard InChI is InChI=1S/C24H26N4O4S2/c1-29-16-8-19(31-12-15-13-33-22(25-15)14-6-4-3-5-7-14)17-10-21(32-20(17)9-16)18-11-28-23(26-18)34-24(27-28)30-2/h8-11,13-14,23,26H,3-7,12H2,1-2H3. The summed E-state index contributed by atoms with van der Waals surface area (Å²) in [5, 5.41) is 14.5. The lowest BCUT2D eigenvalue weighted by molar-refractivity contribution is 0.302. The highest BCUT2D eigenvalue weighted by Crippen LogP contribution is 2.39. The van der Waals surface area contributed by atoms with Crippen LogP contribution in [0.5, 0.6) is 11.5 Å². The monoisotopic (exact) mass is 498 g/mol. The van der Waals surface area contributed by atoms with Gasteiger partial charge in [-0.1, -0.05) is 19.3 Å². The molecule has 0 radical (unpaired) electrons. The zero-order valence-corrected chi connectivity index (χ0v) is 20.7. The third-order valence-corrected chi connectivity index (χ3v) is 8.40. The summed E-state index contributed by atoms with van der Waals surface area (Å²) < 4.78 is 23.1. The minimum Gasteiger partial charge on any atom is -0.496 e. The summed E-state index contributed by atoms with van der Waals surface area (Å²) in [6.45, 7) is 0.411. The van der Waals surface area contributed by atoms with Crippen LogP contribution in [0.3, 0.4) is 0 Å². The highest BCUT2D eigenvalue weighted by atomic mass is 32.2. The second-order valence-electron chi connectivity index (χ2n) is 8.56.